The number of fused-ring (bicyclic) bond motifs is 1. The molecule has 0 bridgehead atoms. The third-order valence-corrected chi connectivity index (χ3v) is 17.0. The summed E-state index contributed by atoms with van der Waals surface area (Å²) < 4.78 is 49.2. The number of thioether (sulfide) groups is 1. The Morgan fingerprint density at radius 1 is 0.780 bits per heavy atom. The number of carbonyl (C=O) groups excluding carboxylic acids is 10. The van der Waals surface area contributed by atoms with E-state index in [0.717, 1.165) is 71.7 Å². The Morgan fingerprint density at radius 2 is 1.43 bits per heavy atom. The molecule has 0 radical (unpaired) electrons. The van der Waals surface area contributed by atoms with Gasteiger partial charge in [-0.25, -0.2) is 14.4 Å². The minimum Gasteiger partial charge on any atom is -0.466 e. The fraction of sp³-hybridized carbons (Fsp3) is 0.729. The fourth-order valence-electron chi connectivity index (χ4n) is 11.0. The van der Waals surface area contributed by atoms with Gasteiger partial charge in [-0.2, -0.15) is 11.8 Å². The highest BCUT2D eigenvalue weighted by atomic mass is 32.2. The van der Waals surface area contributed by atoms with Crippen molar-refractivity contribution in [3.8, 4) is 5.75 Å². The van der Waals surface area contributed by atoms with Crippen LogP contribution in [-0.4, -0.2) is 262 Å². The molecule has 9 atom stereocenters. The maximum absolute atomic E-state index is 13.5. The van der Waals surface area contributed by atoms with Gasteiger partial charge in [0.15, 0.2) is 24.1 Å². The Bertz CT molecular complexity index is 2630. The first-order valence-corrected chi connectivity index (χ1v) is 32.0. The number of esters is 6. The van der Waals surface area contributed by atoms with Crippen LogP contribution in [0.15, 0.2) is 18.2 Å². The maximum Gasteiger partial charge on any atom is 0.407 e. The first-order valence-electron chi connectivity index (χ1n) is 31.0. The molecule has 32 heteroatoms. The van der Waals surface area contributed by atoms with Crippen LogP contribution in [0.5, 0.6) is 5.75 Å². The van der Waals surface area contributed by atoms with Gasteiger partial charge in [-0.05, 0) is 57.2 Å². The minimum absolute atomic E-state index is 0.0559. The molecule has 4 aliphatic heterocycles. The predicted molar refractivity (Wildman–Crippen MR) is 326 cm³/mol. The summed E-state index contributed by atoms with van der Waals surface area (Å²) in [5.41, 5.74) is -0.458. The average molecular weight is 1310 g/mol. The van der Waals surface area contributed by atoms with Crippen LogP contribution in [0, 0.1) is 10.1 Å². The standard InChI is InChI=1S/C59H92N10O21S/c1-9-22-65-25-26-66(24-21-60-59(79)85-35-42-19-20-45(44(33-42)69(80)81)89-57-54(88-41(6)73)53(87-40(5)72)52(86-39(4)71)46(90-57)36-84-38(3)70)27-28-67(34-50(76)83-10-2)30-32-68(31-29-65)55(56(77)82-8)62-48(74)17-12-11-15-23-64(7)49(75)18-14-13-16-47-51-43(37-91-47)61-58(78)63-51/h19-20,33,43,46-47,51-55,57H,9-18,21-32,34-37H2,1-8H3,(H,60,79)(H,62,74)(H2,61,63,78). The summed E-state index contributed by atoms with van der Waals surface area (Å²) >= 11 is 1.86. The number of rotatable bonds is 32. The van der Waals surface area contributed by atoms with Crippen molar-refractivity contribution in [2.75, 3.05) is 118 Å². The molecule has 4 fully saturated rings. The zero-order chi connectivity index (χ0) is 66.6. The molecule has 4 N–H and O–H groups in total. The molecule has 4 saturated heterocycles. The third-order valence-electron chi connectivity index (χ3n) is 15.5. The van der Waals surface area contributed by atoms with Crippen LogP contribution < -0.4 is 26.0 Å². The van der Waals surface area contributed by atoms with Gasteiger partial charge in [0.25, 0.3) is 0 Å². The van der Waals surface area contributed by atoms with E-state index >= 15 is 0 Å². The van der Waals surface area contributed by atoms with E-state index in [1.807, 2.05) is 21.6 Å². The molecule has 9 unspecified atom stereocenters. The largest absolute Gasteiger partial charge is 0.466 e. The second-order valence-corrected chi connectivity index (χ2v) is 23.8. The minimum atomic E-state index is -1.76. The molecule has 0 spiro atoms. The van der Waals surface area contributed by atoms with E-state index in [-0.39, 0.29) is 68.2 Å². The van der Waals surface area contributed by atoms with Crippen molar-refractivity contribution < 1.29 is 95.5 Å². The summed E-state index contributed by atoms with van der Waals surface area (Å²) in [6.45, 7) is 12.3. The number of nitrogens with one attached hydrogen (secondary N) is 4. The highest BCUT2D eigenvalue weighted by Crippen LogP contribution is 2.36. The number of hydrogen-bond donors (Lipinski definition) is 4. The van der Waals surface area contributed by atoms with Crippen molar-refractivity contribution in [2.45, 2.75) is 160 Å². The number of nitro groups is 1. The Hall–Kier alpha value is -7.13. The summed E-state index contributed by atoms with van der Waals surface area (Å²) in [5.74, 6) is -4.26. The van der Waals surface area contributed by atoms with Gasteiger partial charge in [0.2, 0.25) is 24.2 Å². The van der Waals surface area contributed by atoms with E-state index in [0.29, 0.717) is 89.8 Å². The molecule has 4 aliphatic rings. The van der Waals surface area contributed by atoms with Gasteiger partial charge in [-0.15, -0.1) is 0 Å². The van der Waals surface area contributed by atoms with Gasteiger partial charge >= 0.3 is 53.6 Å². The molecule has 0 aliphatic carbocycles. The normalized spacial score (nSPS) is 22.8. The number of urea groups is 1. The molecule has 1 aromatic carbocycles. The molecular formula is C59H92N10O21S. The quantitative estimate of drug-likeness (QED) is 0.0200. The molecule has 4 heterocycles. The van der Waals surface area contributed by atoms with E-state index in [1.54, 1.807) is 18.9 Å². The zero-order valence-corrected chi connectivity index (χ0v) is 54.3. The second-order valence-electron chi connectivity index (χ2n) is 22.5. The number of alkyl carbamates (subject to hydrolysis) is 1. The van der Waals surface area contributed by atoms with E-state index < -0.39 is 108 Å². The number of nitro benzene ring substituents is 1. The van der Waals surface area contributed by atoms with Gasteiger partial charge in [0.05, 0.1) is 37.3 Å². The number of unbranched alkanes of at least 4 members (excludes halogenated alkanes) is 3. The Morgan fingerprint density at radius 3 is 2.09 bits per heavy atom. The molecule has 31 nitrogen and oxygen atoms in total. The third kappa shape index (κ3) is 25.5. The van der Waals surface area contributed by atoms with Gasteiger partial charge < -0.3 is 73.7 Å². The van der Waals surface area contributed by atoms with Crippen molar-refractivity contribution >= 4 is 77.2 Å². The summed E-state index contributed by atoms with van der Waals surface area (Å²) in [7, 11) is 3.05. The summed E-state index contributed by atoms with van der Waals surface area (Å²) in [4.78, 5) is 148. The highest BCUT2D eigenvalue weighted by Gasteiger charge is 2.54. The van der Waals surface area contributed by atoms with Crippen LogP contribution in [0.1, 0.15) is 105 Å². The van der Waals surface area contributed by atoms with E-state index in [9.17, 15) is 58.1 Å². The molecule has 0 saturated carbocycles. The first-order chi connectivity index (χ1) is 43.5. The Labute approximate surface area is 534 Å². The smallest absolute Gasteiger partial charge is 0.407 e. The van der Waals surface area contributed by atoms with Crippen molar-refractivity contribution in [2.24, 2.45) is 0 Å². The molecule has 1 aromatic rings. The SMILES string of the molecule is CCCN1CCN(CCNC(=O)OCc2ccc(OC3OC(COC(C)=O)C(OC(C)=O)C(OC(C)=O)C3OC(C)=O)c([N+](=O)[O-])c2)CCN(CC(=O)OCC)CCN(C(NC(=O)CCCCCN(C)C(=O)CCCCC2SCC3NC(=O)NC32)C(=O)OC)CC1. The summed E-state index contributed by atoms with van der Waals surface area (Å²) in [5, 5.41) is 24.4. The molecule has 5 rings (SSSR count). The van der Waals surface area contributed by atoms with Crippen LogP contribution in [0.4, 0.5) is 15.3 Å². The number of carbonyl (C=O) groups is 10. The summed E-state index contributed by atoms with van der Waals surface area (Å²) in [6.07, 6.45) is -3.88. The fourth-order valence-corrected chi connectivity index (χ4v) is 12.5. The van der Waals surface area contributed by atoms with Gasteiger partial charge in [-0.3, -0.25) is 58.4 Å². The van der Waals surface area contributed by atoms with E-state index in [2.05, 4.69) is 38.0 Å². The number of nitrogens with zero attached hydrogens (tertiary/aromatic N) is 6. The maximum atomic E-state index is 13.5. The molecular weight excluding hydrogens is 1220 g/mol. The summed E-state index contributed by atoms with van der Waals surface area (Å²) in [6, 6.07) is 3.85. The lowest BCUT2D eigenvalue weighted by Gasteiger charge is -2.43. The number of benzene rings is 1. The van der Waals surface area contributed by atoms with E-state index in [4.69, 9.17) is 42.6 Å². The lowest BCUT2D eigenvalue weighted by Crippen LogP contribution is -2.63. The molecule has 5 amide bonds. The van der Waals surface area contributed by atoms with Crippen LogP contribution in [0.3, 0.4) is 0 Å². The average Bonchev–Trinajstić information content (AvgIpc) is 1.19. The number of ether oxygens (including phenoxy) is 9. The molecule has 91 heavy (non-hydrogen) atoms. The molecule has 0 aromatic heterocycles. The van der Waals surface area contributed by atoms with Crippen molar-refractivity contribution in [3.63, 3.8) is 0 Å². The Kier molecular flexibility index (Phi) is 31.7. The molecule has 510 valence electrons. The zero-order valence-electron chi connectivity index (χ0n) is 53.5. The van der Waals surface area contributed by atoms with Crippen molar-refractivity contribution in [3.05, 3.63) is 33.9 Å². The first kappa shape index (κ1) is 74.6. The Balaban J connectivity index is 1.14. The lowest BCUT2D eigenvalue weighted by molar-refractivity contribution is -0.387. The lowest BCUT2D eigenvalue weighted by atomic mass is 9.98. The van der Waals surface area contributed by atoms with Crippen molar-refractivity contribution in [1.29, 1.82) is 0 Å². The second kappa shape index (κ2) is 38.7. The monoisotopic (exact) mass is 1310 g/mol. The predicted octanol–water partition coefficient (Wildman–Crippen LogP) is 1.84. The van der Waals surface area contributed by atoms with Gasteiger partial charge in [-0.1, -0.05) is 25.8 Å². The van der Waals surface area contributed by atoms with Gasteiger partial charge in [0.1, 0.15) is 19.3 Å². The van der Waals surface area contributed by atoms with Crippen LogP contribution >= 0.6 is 11.8 Å². The van der Waals surface area contributed by atoms with E-state index in [1.165, 1.54) is 19.2 Å². The van der Waals surface area contributed by atoms with Crippen molar-refractivity contribution in [1.82, 2.24) is 45.8 Å². The number of methoxy groups -OCH3 is 1. The highest BCUT2D eigenvalue weighted by molar-refractivity contribution is 8.00. The number of hydrogen-bond acceptors (Lipinski definition) is 26. The topological polar surface area (TPSA) is 361 Å². The van der Waals surface area contributed by atoms with Gasteiger partial charge in [0, 0.05) is 137 Å². The van der Waals surface area contributed by atoms with Crippen LogP contribution in [0.25, 0.3) is 0 Å². The van der Waals surface area contributed by atoms with Crippen LogP contribution in [0.2, 0.25) is 0 Å². The number of amides is 5. The van der Waals surface area contributed by atoms with Crippen LogP contribution in [-0.2, 0) is 82.9 Å².